The van der Waals surface area contributed by atoms with Gasteiger partial charge in [-0.05, 0) is 98.3 Å². The number of nitrogens with one attached hydrogen (secondary N) is 1. The molecule has 1 amide bonds. The lowest BCUT2D eigenvalue weighted by Crippen LogP contribution is -2.54. The van der Waals surface area contributed by atoms with Gasteiger partial charge < -0.3 is 30.2 Å². The molecule has 9 nitrogen and oxygen atoms in total. The van der Waals surface area contributed by atoms with Crippen LogP contribution in [0.25, 0.3) is 0 Å². The predicted octanol–water partition coefficient (Wildman–Crippen LogP) is 4.00. The Morgan fingerprint density at radius 2 is 1.88 bits per heavy atom. The van der Waals surface area contributed by atoms with Crippen LogP contribution in [0.5, 0.6) is 11.5 Å². The Hall–Kier alpha value is -3.51. The van der Waals surface area contributed by atoms with Gasteiger partial charge in [-0.3, -0.25) is 4.79 Å². The summed E-state index contributed by atoms with van der Waals surface area (Å²) < 4.78 is 4.82. The van der Waals surface area contributed by atoms with Crippen molar-refractivity contribution in [1.29, 1.82) is 0 Å². The summed E-state index contributed by atoms with van der Waals surface area (Å²) in [5, 5.41) is 37.4. The number of allylic oxidation sites excluding steroid dienone is 2. The zero-order valence-corrected chi connectivity index (χ0v) is 24.7. The number of nitrogens with zero attached hydrogens (tertiary/aromatic N) is 1. The first-order valence-corrected chi connectivity index (χ1v) is 14.9. The standard InChI is InChI=1S/C33H42N2O7/c1-5-33(40)15-12-25-23-8-7-21-18-22(10-13-31(21,2)24(23)11-14-32(25,33)3)35-42-19-29(38)34-26(30(39)41-4)16-20-6-9-27(36)28(37)17-20/h1,6,9,17-18,23-26,36-37,40H,7-8,10-16,19H2,2-4H3,(H,34,38)/t23-,24+,25-,26+,31+,32-,33-/m1/s1. The molecule has 42 heavy (non-hydrogen) atoms. The molecule has 1 aromatic rings. The van der Waals surface area contributed by atoms with Crippen LogP contribution in [0, 0.1) is 40.9 Å². The average Bonchev–Trinajstić information content (AvgIpc) is 3.25. The lowest BCUT2D eigenvalue weighted by Gasteiger charge is -2.58. The maximum atomic E-state index is 12.6. The molecule has 0 spiro atoms. The second-order valence-corrected chi connectivity index (χ2v) is 13.0. The van der Waals surface area contributed by atoms with Gasteiger partial charge in [0.2, 0.25) is 0 Å². The maximum absolute atomic E-state index is 12.6. The Morgan fingerprint density at radius 1 is 1.12 bits per heavy atom. The van der Waals surface area contributed by atoms with Crippen LogP contribution in [0.1, 0.15) is 70.8 Å². The Kier molecular flexibility index (Phi) is 8.06. The van der Waals surface area contributed by atoms with Crippen LogP contribution in [0.15, 0.2) is 35.0 Å². The molecule has 0 unspecified atom stereocenters. The molecule has 7 atom stereocenters. The van der Waals surface area contributed by atoms with E-state index in [1.54, 1.807) is 6.07 Å². The number of terminal acetylenes is 1. The van der Waals surface area contributed by atoms with Crippen LogP contribution in [0.3, 0.4) is 0 Å². The van der Waals surface area contributed by atoms with E-state index in [0.717, 1.165) is 50.7 Å². The van der Waals surface area contributed by atoms with Gasteiger partial charge in [-0.2, -0.15) is 0 Å². The number of aliphatic hydroxyl groups is 1. The number of hydrogen-bond donors (Lipinski definition) is 4. The molecular formula is C33H42N2O7. The van der Waals surface area contributed by atoms with Crippen LogP contribution in [0.2, 0.25) is 0 Å². The van der Waals surface area contributed by atoms with E-state index in [4.69, 9.17) is 16.0 Å². The summed E-state index contributed by atoms with van der Waals surface area (Å²) in [6.07, 6.45) is 15.5. The highest BCUT2D eigenvalue weighted by Crippen LogP contribution is 2.67. The van der Waals surface area contributed by atoms with E-state index in [1.165, 1.54) is 24.8 Å². The second-order valence-electron chi connectivity index (χ2n) is 13.0. The van der Waals surface area contributed by atoms with Crippen molar-refractivity contribution in [3.63, 3.8) is 0 Å². The van der Waals surface area contributed by atoms with Crippen LogP contribution in [0.4, 0.5) is 0 Å². The molecule has 0 heterocycles. The molecule has 3 fully saturated rings. The molecule has 9 heteroatoms. The van der Waals surface area contributed by atoms with E-state index in [1.807, 2.05) is 0 Å². The van der Waals surface area contributed by atoms with Crippen molar-refractivity contribution in [2.24, 2.45) is 33.7 Å². The summed E-state index contributed by atoms with van der Waals surface area (Å²) in [4.78, 5) is 30.3. The molecule has 0 radical (unpaired) electrons. The van der Waals surface area contributed by atoms with Gasteiger partial charge in [0.05, 0.1) is 12.8 Å². The molecule has 1 aromatic carbocycles. The number of fused-ring (bicyclic) bond motifs is 5. The third-order valence-electron chi connectivity index (χ3n) is 11.0. The number of phenols is 2. The molecule has 4 aliphatic rings. The normalized spacial score (nSPS) is 35.1. The number of rotatable bonds is 7. The van der Waals surface area contributed by atoms with Crippen LogP contribution < -0.4 is 5.32 Å². The zero-order chi connectivity index (χ0) is 30.3. The first-order valence-electron chi connectivity index (χ1n) is 14.9. The Labute approximate surface area is 247 Å². The van der Waals surface area contributed by atoms with Crippen molar-refractivity contribution in [2.75, 3.05) is 13.7 Å². The lowest BCUT2D eigenvalue weighted by atomic mass is 9.46. The predicted molar refractivity (Wildman–Crippen MR) is 156 cm³/mol. The topological polar surface area (TPSA) is 138 Å². The molecular weight excluding hydrogens is 536 g/mol. The van der Waals surface area contributed by atoms with Crippen molar-refractivity contribution in [3.8, 4) is 23.8 Å². The number of carbonyl (C=O) groups is 2. The summed E-state index contributed by atoms with van der Waals surface area (Å²) in [5.41, 5.74) is 1.60. The molecule has 0 aliphatic heterocycles. The third kappa shape index (κ3) is 5.15. The molecule has 0 saturated heterocycles. The van der Waals surface area contributed by atoms with E-state index in [2.05, 4.69) is 36.3 Å². The fourth-order valence-electron chi connectivity index (χ4n) is 8.57. The Balaban J connectivity index is 1.20. The molecule has 4 N–H and O–H groups in total. The summed E-state index contributed by atoms with van der Waals surface area (Å²) in [5.74, 6) is 2.55. The number of methoxy groups -OCH3 is 1. The third-order valence-corrected chi connectivity index (χ3v) is 11.0. The van der Waals surface area contributed by atoms with Crippen molar-refractivity contribution in [2.45, 2.75) is 83.3 Å². The van der Waals surface area contributed by atoms with Crippen molar-refractivity contribution in [1.82, 2.24) is 5.32 Å². The number of ether oxygens (including phenoxy) is 1. The fourth-order valence-corrected chi connectivity index (χ4v) is 8.57. The maximum Gasteiger partial charge on any atom is 0.328 e. The first-order chi connectivity index (χ1) is 19.9. The SMILES string of the molecule is C#C[C@@]1(O)CC[C@@H]2[C@@H]3CCC4=CC(=NOCC(=O)N[C@@H](Cc5ccc(O)c(O)c5)C(=O)OC)CC[C@]4(C)[C@H]3CC[C@]21C. The highest BCUT2D eigenvalue weighted by atomic mass is 16.6. The largest absolute Gasteiger partial charge is 0.504 e. The minimum absolute atomic E-state index is 0.0651. The number of aromatic hydroxyl groups is 2. The zero-order valence-electron chi connectivity index (χ0n) is 24.7. The Bertz CT molecular complexity index is 1350. The van der Waals surface area contributed by atoms with Gasteiger partial charge in [-0.25, -0.2) is 4.79 Å². The van der Waals surface area contributed by atoms with Crippen LogP contribution in [-0.2, 0) is 25.6 Å². The number of phenolic OH excluding ortho intramolecular Hbond substituents is 2. The number of hydrogen-bond acceptors (Lipinski definition) is 8. The van der Waals surface area contributed by atoms with E-state index in [9.17, 15) is 24.9 Å². The molecule has 5 rings (SSSR count). The highest BCUT2D eigenvalue weighted by Gasteiger charge is 2.63. The van der Waals surface area contributed by atoms with Crippen molar-refractivity contribution >= 4 is 17.6 Å². The summed E-state index contributed by atoms with van der Waals surface area (Å²) >= 11 is 0. The number of carbonyl (C=O) groups excluding carboxylic acids is 2. The first kappa shape index (κ1) is 30.0. The summed E-state index contributed by atoms with van der Waals surface area (Å²) in [6.45, 7) is 4.23. The van der Waals surface area contributed by atoms with Gasteiger partial charge in [0.1, 0.15) is 11.6 Å². The van der Waals surface area contributed by atoms with Gasteiger partial charge in [-0.1, -0.05) is 36.6 Å². The van der Waals surface area contributed by atoms with Crippen molar-refractivity contribution in [3.05, 3.63) is 35.4 Å². The number of benzene rings is 1. The average molecular weight is 579 g/mol. The Morgan fingerprint density at radius 3 is 2.60 bits per heavy atom. The molecule has 4 aliphatic carbocycles. The molecule has 226 valence electrons. The second kappa shape index (κ2) is 11.3. The van der Waals surface area contributed by atoms with E-state index in [0.29, 0.717) is 29.7 Å². The number of oxime groups is 1. The summed E-state index contributed by atoms with van der Waals surface area (Å²) in [7, 11) is 1.23. The quantitative estimate of drug-likeness (QED) is 0.166. The van der Waals surface area contributed by atoms with Gasteiger partial charge in [0.15, 0.2) is 18.1 Å². The van der Waals surface area contributed by atoms with Gasteiger partial charge in [0.25, 0.3) is 5.91 Å². The van der Waals surface area contributed by atoms with Crippen LogP contribution in [-0.4, -0.2) is 58.3 Å². The van der Waals surface area contributed by atoms with E-state index in [-0.39, 0.29) is 35.4 Å². The van der Waals surface area contributed by atoms with Gasteiger partial charge in [0, 0.05) is 11.8 Å². The van der Waals surface area contributed by atoms with E-state index < -0.39 is 23.5 Å². The fraction of sp³-hybridized carbons (Fsp3) is 0.606. The molecule has 3 saturated carbocycles. The minimum atomic E-state index is -0.999. The lowest BCUT2D eigenvalue weighted by molar-refractivity contribution is -0.145. The number of amides is 1. The number of esters is 1. The van der Waals surface area contributed by atoms with Gasteiger partial charge >= 0.3 is 5.97 Å². The molecule has 0 aromatic heterocycles. The smallest absolute Gasteiger partial charge is 0.328 e. The van der Waals surface area contributed by atoms with Gasteiger partial charge in [-0.15, -0.1) is 6.42 Å². The highest BCUT2D eigenvalue weighted by molar-refractivity contribution is 5.96. The minimum Gasteiger partial charge on any atom is -0.504 e. The molecule has 0 bridgehead atoms. The van der Waals surface area contributed by atoms with E-state index >= 15 is 0 Å². The van der Waals surface area contributed by atoms with Crippen molar-refractivity contribution < 1.29 is 34.5 Å². The van der Waals surface area contributed by atoms with Crippen LogP contribution >= 0.6 is 0 Å². The monoisotopic (exact) mass is 578 g/mol. The summed E-state index contributed by atoms with van der Waals surface area (Å²) in [6, 6.07) is 3.20.